The van der Waals surface area contributed by atoms with E-state index < -0.39 is 0 Å². The number of hydrogen-bond acceptors (Lipinski definition) is 3. The molecular weight excluding hydrogens is 755 g/mol. The van der Waals surface area contributed by atoms with Gasteiger partial charge in [0.2, 0.25) is 0 Å². The quantitative estimate of drug-likeness (QED) is 0.161. The van der Waals surface area contributed by atoms with E-state index in [9.17, 15) is 0 Å². The van der Waals surface area contributed by atoms with Crippen LogP contribution in [0.5, 0.6) is 0 Å². The van der Waals surface area contributed by atoms with E-state index in [1.54, 1.807) is 0 Å². The predicted molar refractivity (Wildman–Crippen MR) is 255 cm³/mol. The average molecular weight is 798 g/mol. The fourth-order valence-electron chi connectivity index (χ4n) is 10.0. The number of rotatable bonds is 7. The van der Waals surface area contributed by atoms with Crippen molar-refractivity contribution in [1.82, 2.24) is 24.1 Å². The van der Waals surface area contributed by atoms with Crippen molar-refractivity contribution in [3.05, 3.63) is 212 Å². The summed E-state index contributed by atoms with van der Waals surface area (Å²) in [5.41, 5.74) is 13.0. The molecule has 0 saturated heterocycles. The topological polar surface area (TPSA) is 48.5 Å². The third-order valence-electron chi connectivity index (χ3n) is 13.1. The maximum Gasteiger partial charge on any atom is 0.163 e. The highest BCUT2D eigenvalue weighted by Crippen LogP contribution is 2.42. The molecule has 1 saturated carbocycles. The highest BCUT2D eigenvalue weighted by molar-refractivity contribution is 6.11. The van der Waals surface area contributed by atoms with Gasteiger partial charge in [-0.25, -0.2) is 15.0 Å². The number of hydrogen-bond donors (Lipinski definition) is 0. The molecule has 3 aromatic heterocycles. The van der Waals surface area contributed by atoms with E-state index in [2.05, 4.69) is 173 Å². The molecule has 0 radical (unpaired) electrons. The molecule has 3 heterocycles. The Kier molecular flexibility index (Phi) is 8.84. The summed E-state index contributed by atoms with van der Waals surface area (Å²) in [5.74, 6) is 3.20. The molecule has 0 N–H and O–H groups in total. The van der Waals surface area contributed by atoms with Crippen LogP contribution in [0.2, 0.25) is 0 Å². The first-order valence-electron chi connectivity index (χ1n) is 21.8. The highest BCUT2D eigenvalue weighted by atomic mass is 15.0. The molecule has 1 fully saturated rings. The van der Waals surface area contributed by atoms with Crippen molar-refractivity contribution < 1.29 is 0 Å². The smallest absolute Gasteiger partial charge is 0.163 e. The number of benzene rings is 8. The van der Waals surface area contributed by atoms with Crippen molar-refractivity contribution in [2.45, 2.75) is 37.5 Å². The largest absolute Gasteiger partial charge is 0.309 e. The Hall–Kier alpha value is -7.63. The Bertz CT molecular complexity index is 3300. The molecule has 0 aliphatic heterocycles. The predicted octanol–water partition coefficient (Wildman–Crippen LogP) is 14.5. The van der Waals surface area contributed by atoms with Gasteiger partial charge < -0.3 is 9.13 Å². The fraction of sp³-hybridized carbons (Fsp3) is 0.105. The molecule has 0 amide bonds. The Labute approximate surface area is 360 Å². The van der Waals surface area contributed by atoms with E-state index in [-0.39, 0.29) is 0 Å². The van der Waals surface area contributed by atoms with E-state index in [0.29, 0.717) is 11.8 Å². The lowest BCUT2D eigenvalue weighted by Gasteiger charge is -2.28. The average Bonchev–Trinajstić information content (AvgIpc) is 3.87. The molecule has 0 atom stereocenters. The lowest BCUT2D eigenvalue weighted by Crippen LogP contribution is -2.16. The van der Waals surface area contributed by atoms with Crippen LogP contribution in [0.25, 0.3) is 88.9 Å². The standard InChI is InChI=1S/C57H43N5/c1-3-14-40(15-4-1)55-58-56(41-16-5-2-6-17-41)60-57(59-55)42-28-26-38(27-29-42)39-30-33-45(34-31-39)61-51-23-10-9-22-49(51)50-35-32-44(37-54(50)61)43-18-13-19-46(36-43)62-52-24-11-7-20-47(52)48-21-8-12-25-53(48)62/h1-25,30-38,42H,26-29H2. The third-order valence-corrected chi connectivity index (χ3v) is 13.1. The molecular formula is C57H43N5. The van der Waals surface area contributed by atoms with Gasteiger partial charge in [0.25, 0.3) is 0 Å². The van der Waals surface area contributed by atoms with Crippen LogP contribution in [0.15, 0.2) is 200 Å². The first-order valence-corrected chi connectivity index (χ1v) is 21.8. The van der Waals surface area contributed by atoms with Crippen molar-refractivity contribution >= 4 is 43.6 Å². The minimum Gasteiger partial charge on any atom is -0.309 e. The van der Waals surface area contributed by atoms with Crippen LogP contribution in [0.1, 0.15) is 48.9 Å². The van der Waals surface area contributed by atoms with Crippen molar-refractivity contribution in [1.29, 1.82) is 0 Å². The molecule has 1 aliphatic rings. The summed E-state index contributed by atoms with van der Waals surface area (Å²) in [6.07, 6.45) is 4.30. The Morgan fingerprint density at radius 1 is 0.323 bits per heavy atom. The van der Waals surface area contributed by atoms with E-state index in [1.165, 1.54) is 66.0 Å². The van der Waals surface area contributed by atoms with Gasteiger partial charge in [0.15, 0.2) is 11.6 Å². The lowest BCUT2D eigenvalue weighted by atomic mass is 9.78. The van der Waals surface area contributed by atoms with Crippen molar-refractivity contribution in [2.75, 3.05) is 0 Å². The lowest BCUT2D eigenvalue weighted by molar-refractivity contribution is 0.385. The van der Waals surface area contributed by atoms with Crippen LogP contribution in [0.4, 0.5) is 0 Å². The van der Waals surface area contributed by atoms with Crippen LogP contribution in [-0.2, 0) is 0 Å². The molecule has 0 spiro atoms. The normalized spacial score (nSPS) is 15.5. The highest BCUT2D eigenvalue weighted by Gasteiger charge is 2.27. The fourth-order valence-corrected chi connectivity index (χ4v) is 10.0. The number of fused-ring (bicyclic) bond motifs is 6. The van der Waals surface area contributed by atoms with E-state index >= 15 is 0 Å². The summed E-state index contributed by atoms with van der Waals surface area (Å²) >= 11 is 0. The minimum absolute atomic E-state index is 0.299. The number of aromatic nitrogens is 5. The second-order valence-corrected chi connectivity index (χ2v) is 16.7. The van der Waals surface area contributed by atoms with E-state index in [0.717, 1.165) is 60.0 Å². The third kappa shape index (κ3) is 6.28. The van der Waals surface area contributed by atoms with Gasteiger partial charge in [0.1, 0.15) is 5.82 Å². The van der Waals surface area contributed by atoms with Gasteiger partial charge >= 0.3 is 0 Å². The first-order chi connectivity index (χ1) is 30.7. The van der Waals surface area contributed by atoms with Crippen LogP contribution >= 0.6 is 0 Å². The summed E-state index contributed by atoms with van der Waals surface area (Å²) in [5, 5.41) is 5.06. The second-order valence-electron chi connectivity index (χ2n) is 16.7. The van der Waals surface area contributed by atoms with Gasteiger partial charge in [-0.05, 0) is 96.8 Å². The zero-order valence-electron chi connectivity index (χ0n) is 34.3. The van der Waals surface area contributed by atoms with Gasteiger partial charge in [-0.15, -0.1) is 0 Å². The summed E-state index contributed by atoms with van der Waals surface area (Å²) in [6.45, 7) is 0. The molecule has 296 valence electrons. The van der Waals surface area contributed by atoms with E-state index in [4.69, 9.17) is 15.0 Å². The Balaban J connectivity index is 0.848. The molecule has 11 aromatic rings. The minimum atomic E-state index is 0.299. The van der Waals surface area contributed by atoms with Gasteiger partial charge in [-0.1, -0.05) is 152 Å². The van der Waals surface area contributed by atoms with Crippen LogP contribution in [-0.4, -0.2) is 24.1 Å². The van der Waals surface area contributed by atoms with Gasteiger partial charge in [0.05, 0.1) is 22.1 Å². The monoisotopic (exact) mass is 797 g/mol. The van der Waals surface area contributed by atoms with Gasteiger partial charge in [0, 0.05) is 50.0 Å². The SMILES string of the molecule is c1ccc(-c2nc(-c3ccccc3)nc(C3CCC(c4ccc(-n5c6ccccc6c6ccc(-c7cccc(-n8c9ccccc9c9ccccc98)c7)cc65)cc4)CC3)n2)cc1. The first kappa shape index (κ1) is 36.2. The second kappa shape index (κ2) is 15.1. The molecule has 5 nitrogen and oxygen atoms in total. The molecule has 12 rings (SSSR count). The van der Waals surface area contributed by atoms with Crippen LogP contribution < -0.4 is 0 Å². The molecule has 62 heavy (non-hydrogen) atoms. The summed E-state index contributed by atoms with van der Waals surface area (Å²) < 4.78 is 4.84. The maximum atomic E-state index is 5.08. The van der Waals surface area contributed by atoms with Gasteiger partial charge in [-0.2, -0.15) is 0 Å². The van der Waals surface area contributed by atoms with Crippen LogP contribution in [0.3, 0.4) is 0 Å². The molecule has 1 aliphatic carbocycles. The summed E-state index contributed by atoms with van der Waals surface area (Å²) in [6, 6.07) is 72.1. The Morgan fingerprint density at radius 2 is 0.790 bits per heavy atom. The molecule has 8 aromatic carbocycles. The molecule has 0 unspecified atom stereocenters. The van der Waals surface area contributed by atoms with Crippen molar-refractivity contribution in [3.63, 3.8) is 0 Å². The summed E-state index contributed by atoms with van der Waals surface area (Å²) in [7, 11) is 0. The molecule has 5 heteroatoms. The van der Waals surface area contributed by atoms with Gasteiger partial charge in [-0.3, -0.25) is 0 Å². The number of para-hydroxylation sites is 3. The summed E-state index contributed by atoms with van der Waals surface area (Å²) in [4.78, 5) is 15.1. The molecule has 0 bridgehead atoms. The van der Waals surface area contributed by atoms with E-state index in [1.807, 2.05) is 36.4 Å². The maximum absolute atomic E-state index is 5.08. The number of nitrogens with zero attached hydrogens (tertiary/aromatic N) is 5. The van der Waals surface area contributed by atoms with Crippen molar-refractivity contribution in [3.8, 4) is 45.3 Å². The Morgan fingerprint density at radius 3 is 1.37 bits per heavy atom. The zero-order chi connectivity index (χ0) is 41.0. The van der Waals surface area contributed by atoms with Crippen LogP contribution in [0, 0.1) is 0 Å². The zero-order valence-corrected chi connectivity index (χ0v) is 34.3. The van der Waals surface area contributed by atoms with Crippen molar-refractivity contribution in [2.24, 2.45) is 0 Å².